The number of halogens is 3. The number of amides is 1. The number of nitrogens with zero attached hydrogens (tertiary/aromatic N) is 2. The van der Waals surface area contributed by atoms with E-state index in [4.69, 9.17) is 19.4 Å². The van der Waals surface area contributed by atoms with Crippen molar-refractivity contribution in [3.8, 4) is 11.5 Å². The Morgan fingerprint density at radius 1 is 1.16 bits per heavy atom. The van der Waals surface area contributed by atoms with E-state index < -0.39 is 12.1 Å². The second-order valence-corrected chi connectivity index (χ2v) is 8.50. The van der Waals surface area contributed by atoms with Crippen LogP contribution in [0.1, 0.15) is 39.5 Å². The van der Waals surface area contributed by atoms with Crippen molar-refractivity contribution in [1.29, 1.82) is 0 Å². The van der Waals surface area contributed by atoms with Gasteiger partial charge in [0, 0.05) is 24.8 Å². The molecule has 0 unspecified atom stereocenters. The first-order chi connectivity index (χ1) is 15.1. The maximum atomic E-state index is 12.9. The number of carbonyl (C=O) groups excluding carboxylic acids is 1. The molecule has 1 amide bonds. The fraction of sp³-hybridized carbons (Fsp3) is 0.636. The molecule has 178 valence electrons. The highest BCUT2D eigenvalue weighted by molar-refractivity contribution is 6.04. The molecule has 10 heteroatoms. The summed E-state index contributed by atoms with van der Waals surface area (Å²) in [6.07, 6.45) is -0.607. The topological polar surface area (TPSA) is 79.3 Å². The monoisotopic (exact) mass is 458 g/mol. The number of ether oxygens (including phenoxy) is 2. The molecule has 0 bridgehead atoms. The van der Waals surface area contributed by atoms with Crippen LogP contribution in [0.5, 0.6) is 11.5 Å². The fourth-order valence-corrected chi connectivity index (χ4v) is 4.35. The summed E-state index contributed by atoms with van der Waals surface area (Å²) in [6.45, 7) is 8.95. The van der Waals surface area contributed by atoms with Gasteiger partial charge in [0.05, 0.1) is 5.41 Å². The van der Waals surface area contributed by atoms with E-state index in [0.717, 1.165) is 55.6 Å². The van der Waals surface area contributed by atoms with Crippen molar-refractivity contribution in [2.24, 2.45) is 11.3 Å². The lowest BCUT2D eigenvalue weighted by atomic mass is 9.70. The van der Waals surface area contributed by atoms with E-state index in [9.17, 15) is 18.0 Å². The first-order valence-electron chi connectivity index (χ1n) is 10.8. The molecule has 1 aromatic rings. The Kier molecular flexibility index (Phi) is 7.22. The lowest BCUT2D eigenvalue weighted by Crippen LogP contribution is -2.65. The molecule has 3 aliphatic heterocycles. The van der Waals surface area contributed by atoms with E-state index in [1.165, 1.54) is 19.4 Å². The van der Waals surface area contributed by atoms with Gasteiger partial charge < -0.3 is 24.4 Å². The number of benzene rings is 1. The Labute approximate surface area is 185 Å². The van der Waals surface area contributed by atoms with Gasteiger partial charge in [0.2, 0.25) is 12.7 Å². The number of carbonyl (C=O) groups is 2. The van der Waals surface area contributed by atoms with Gasteiger partial charge in [0.1, 0.15) is 0 Å². The molecule has 1 N–H and O–H groups in total. The molecule has 32 heavy (non-hydrogen) atoms. The lowest BCUT2D eigenvalue weighted by molar-refractivity contribution is -0.192. The van der Waals surface area contributed by atoms with Crippen LogP contribution >= 0.6 is 0 Å². The fourth-order valence-electron chi connectivity index (χ4n) is 4.35. The van der Waals surface area contributed by atoms with Gasteiger partial charge in [-0.2, -0.15) is 13.2 Å². The number of aliphatic carboxylic acids is 1. The Bertz CT molecular complexity index is 833. The molecule has 2 fully saturated rings. The van der Waals surface area contributed by atoms with Crippen molar-refractivity contribution in [2.75, 3.05) is 37.9 Å². The number of hydrogen-bond acceptors (Lipinski definition) is 5. The number of piperidine rings is 1. The van der Waals surface area contributed by atoms with Gasteiger partial charge in [-0.1, -0.05) is 26.7 Å². The quantitative estimate of drug-likeness (QED) is 0.674. The predicted octanol–water partition coefficient (Wildman–Crippen LogP) is 3.91. The summed E-state index contributed by atoms with van der Waals surface area (Å²) in [7, 11) is 0. The van der Waals surface area contributed by atoms with Gasteiger partial charge in [-0.25, -0.2) is 4.79 Å². The highest BCUT2D eigenvalue weighted by Gasteiger charge is 2.53. The zero-order valence-electron chi connectivity index (χ0n) is 18.3. The molecule has 0 aliphatic carbocycles. The average molecular weight is 458 g/mol. The summed E-state index contributed by atoms with van der Waals surface area (Å²) >= 11 is 0. The van der Waals surface area contributed by atoms with Gasteiger partial charge in [-0.05, 0) is 44.0 Å². The van der Waals surface area contributed by atoms with Gasteiger partial charge in [-0.15, -0.1) is 0 Å². The maximum Gasteiger partial charge on any atom is 0.490 e. The number of fused-ring (bicyclic) bond motifs is 1. The van der Waals surface area contributed by atoms with Crippen LogP contribution in [0.2, 0.25) is 0 Å². The van der Waals surface area contributed by atoms with E-state index in [2.05, 4.69) is 18.7 Å². The van der Waals surface area contributed by atoms with Crippen LogP contribution in [-0.2, 0) is 9.59 Å². The standard InChI is InChI=1S/C20H28N2O3.C2HF3O2/c1-3-15(4-2)12-21-9-7-20(8-10-21)13-22(19(20)23)16-5-6-17-18(11-16)25-14-24-17;3-2(4,5)1(6)7/h5-6,11,15H,3-4,7-10,12-14H2,1-2H3;(H,6,7). The van der Waals surface area contributed by atoms with Crippen molar-refractivity contribution in [1.82, 2.24) is 4.90 Å². The first kappa shape index (κ1) is 24.2. The largest absolute Gasteiger partial charge is 0.490 e. The third-order valence-corrected chi connectivity index (χ3v) is 6.55. The minimum absolute atomic E-state index is 0.124. The lowest BCUT2D eigenvalue weighted by Gasteiger charge is -2.52. The summed E-state index contributed by atoms with van der Waals surface area (Å²) in [6, 6.07) is 5.78. The van der Waals surface area contributed by atoms with Gasteiger partial charge >= 0.3 is 12.1 Å². The SMILES string of the molecule is CCC(CC)CN1CCC2(CC1)CN(c1ccc3c(c1)OCO3)C2=O.O=C(O)C(F)(F)F. The zero-order valence-corrected chi connectivity index (χ0v) is 18.3. The third-order valence-electron chi connectivity index (χ3n) is 6.55. The summed E-state index contributed by atoms with van der Waals surface area (Å²) in [5.74, 6) is -0.176. The molecule has 1 spiro atoms. The first-order valence-corrected chi connectivity index (χ1v) is 10.8. The van der Waals surface area contributed by atoms with Gasteiger partial charge in [0.15, 0.2) is 11.5 Å². The number of rotatable bonds is 5. The van der Waals surface area contributed by atoms with E-state index in [-0.39, 0.29) is 18.1 Å². The molecule has 3 aliphatic rings. The van der Waals surface area contributed by atoms with Crippen LogP contribution in [0.4, 0.5) is 18.9 Å². The van der Waals surface area contributed by atoms with Crippen LogP contribution in [0.15, 0.2) is 18.2 Å². The van der Waals surface area contributed by atoms with Crippen molar-refractivity contribution >= 4 is 17.6 Å². The summed E-state index contributed by atoms with van der Waals surface area (Å²) < 4.78 is 42.5. The molecule has 4 rings (SSSR count). The number of β-lactam (4-membered cyclic amide) rings is 1. The second kappa shape index (κ2) is 9.56. The summed E-state index contributed by atoms with van der Waals surface area (Å²) in [4.78, 5) is 26.3. The predicted molar refractivity (Wildman–Crippen MR) is 111 cm³/mol. The zero-order chi connectivity index (χ0) is 23.5. The van der Waals surface area contributed by atoms with Crippen molar-refractivity contribution < 1.29 is 37.3 Å². The van der Waals surface area contributed by atoms with Crippen LogP contribution < -0.4 is 14.4 Å². The van der Waals surface area contributed by atoms with Crippen LogP contribution in [0.25, 0.3) is 0 Å². The van der Waals surface area contributed by atoms with E-state index >= 15 is 0 Å². The Morgan fingerprint density at radius 3 is 2.28 bits per heavy atom. The molecule has 2 saturated heterocycles. The maximum absolute atomic E-state index is 12.9. The van der Waals surface area contributed by atoms with Crippen molar-refractivity contribution in [3.05, 3.63) is 18.2 Å². The number of carboxylic acid groups (broad SMARTS) is 1. The second-order valence-electron chi connectivity index (χ2n) is 8.50. The van der Waals surface area contributed by atoms with Crippen LogP contribution in [0, 0.1) is 11.3 Å². The van der Waals surface area contributed by atoms with Crippen LogP contribution in [0.3, 0.4) is 0 Å². The van der Waals surface area contributed by atoms with Crippen molar-refractivity contribution in [3.63, 3.8) is 0 Å². The normalized spacial score (nSPS) is 19.6. The molecule has 7 nitrogen and oxygen atoms in total. The summed E-state index contributed by atoms with van der Waals surface area (Å²) in [5.41, 5.74) is 0.806. The van der Waals surface area contributed by atoms with E-state index in [1.54, 1.807) is 0 Å². The minimum atomic E-state index is -5.08. The molecule has 0 radical (unpaired) electrons. The summed E-state index contributed by atoms with van der Waals surface area (Å²) in [5, 5.41) is 7.12. The number of likely N-dealkylation sites (tertiary alicyclic amines) is 1. The smallest absolute Gasteiger partial charge is 0.475 e. The Balaban J connectivity index is 0.000000360. The molecule has 1 aromatic carbocycles. The number of alkyl halides is 3. The molecule has 0 atom stereocenters. The molecule has 3 heterocycles. The Hall–Kier alpha value is -2.49. The van der Waals surface area contributed by atoms with Crippen molar-refractivity contribution in [2.45, 2.75) is 45.7 Å². The number of carboxylic acids is 1. The highest BCUT2D eigenvalue weighted by Crippen LogP contribution is 2.46. The average Bonchev–Trinajstić information content (AvgIpc) is 3.24. The van der Waals surface area contributed by atoms with Crippen LogP contribution in [-0.4, -0.2) is 61.0 Å². The van der Waals surface area contributed by atoms with Gasteiger partial charge in [-0.3, -0.25) is 4.79 Å². The molecule has 0 aromatic heterocycles. The number of anilines is 1. The van der Waals surface area contributed by atoms with E-state index in [0.29, 0.717) is 0 Å². The van der Waals surface area contributed by atoms with E-state index in [1.807, 2.05) is 23.1 Å². The van der Waals surface area contributed by atoms with Gasteiger partial charge in [0.25, 0.3) is 0 Å². The minimum Gasteiger partial charge on any atom is -0.475 e. The molecular formula is C22H29F3N2O5. The third kappa shape index (κ3) is 5.11. The molecule has 0 saturated carbocycles. The highest BCUT2D eigenvalue weighted by atomic mass is 19.4. The molecular weight excluding hydrogens is 429 g/mol. The number of hydrogen-bond donors (Lipinski definition) is 1. The Morgan fingerprint density at radius 2 is 1.75 bits per heavy atom.